The van der Waals surface area contributed by atoms with Gasteiger partial charge in [0.2, 0.25) is 0 Å². The zero-order valence-electron chi connectivity index (χ0n) is 19.4. The Morgan fingerprint density at radius 2 is 1.56 bits per heavy atom. The topological polar surface area (TPSA) is 53.1 Å². The van der Waals surface area contributed by atoms with Crippen LogP contribution in [0.15, 0.2) is 48.2 Å². The van der Waals surface area contributed by atoms with Crippen LogP contribution in [0.4, 0.5) is 5.69 Å². The van der Waals surface area contributed by atoms with E-state index in [1.54, 1.807) is 0 Å². The number of ether oxygens (including phenoxy) is 1. The summed E-state index contributed by atoms with van der Waals surface area (Å²) in [6.07, 6.45) is 0.929. The van der Waals surface area contributed by atoms with Crippen molar-refractivity contribution < 1.29 is 14.3 Å². The van der Waals surface area contributed by atoms with Gasteiger partial charge in [0.05, 0.1) is 17.9 Å². The van der Waals surface area contributed by atoms with Gasteiger partial charge in [-0.1, -0.05) is 25.1 Å². The maximum atomic E-state index is 13.7. The Morgan fingerprint density at radius 3 is 2.19 bits per heavy atom. The highest BCUT2D eigenvalue weighted by Crippen LogP contribution is 2.36. The summed E-state index contributed by atoms with van der Waals surface area (Å²) in [5.74, 6) is 0.249. The molecule has 0 aromatic heterocycles. The van der Waals surface area contributed by atoms with Gasteiger partial charge in [-0.2, -0.15) is 0 Å². The van der Waals surface area contributed by atoms with E-state index in [2.05, 4.69) is 23.8 Å². The van der Waals surface area contributed by atoms with Crippen LogP contribution in [-0.4, -0.2) is 61.4 Å². The van der Waals surface area contributed by atoms with Crippen LogP contribution in [0.1, 0.15) is 30.0 Å². The van der Waals surface area contributed by atoms with Crippen LogP contribution >= 0.6 is 0 Å². The first-order valence-electron chi connectivity index (χ1n) is 11.3. The van der Waals surface area contributed by atoms with Gasteiger partial charge < -0.3 is 14.5 Å². The second kappa shape index (κ2) is 9.17. The van der Waals surface area contributed by atoms with Gasteiger partial charge in [-0.25, -0.2) is 4.90 Å². The highest BCUT2D eigenvalue weighted by Gasteiger charge is 2.43. The van der Waals surface area contributed by atoms with Crippen molar-refractivity contribution in [1.82, 2.24) is 9.80 Å². The quantitative estimate of drug-likeness (QED) is 0.652. The summed E-state index contributed by atoms with van der Waals surface area (Å²) >= 11 is 0. The molecule has 0 radical (unpaired) electrons. The number of imide groups is 1. The zero-order valence-corrected chi connectivity index (χ0v) is 19.4. The summed E-state index contributed by atoms with van der Waals surface area (Å²) < 4.78 is 5.70. The predicted octanol–water partition coefficient (Wildman–Crippen LogP) is 3.62. The fourth-order valence-electron chi connectivity index (χ4n) is 4.14. The maximum absolute atomic E-state index is 13.7. The van der Waals surface area contributed by atoms with Crippen LogP contribution in [0, 0.1) is 13.8 Å². The number of likely N-dealkylation sites (N-methyl/N-ethyl adjacent to an activating group) is 1. The molecular weight excluding hydrogens is 402 g/mol. The number of piperazine rings is 1. The van der Waals surface area contributed by atoms with E-state index < -0.39 is 0 Å². The second-order valence-corrected chi connectivity index (χ2v) is 8.60. The molecule has 2 heterocycles. The van der Waals surface area contributed by atoms with Crippen molar-refractivity contribution in [3.63, 3.8) is 0 Å². The van der Waals surface area contributed by atoms with Crippen LogP contribution in [0.25, 0.3) is 5.57 Å². The fourth-order valence-corrected chi connectivity index (χ4v) is 4.14. The molecule has 0 N–H and O–H groups in total. The Labute approximate surface area is 190 Å². The monoisotopic (exact) mass is 433 g/mol. The first kappa shape index (κ1) is 22.1. The largest absolute Gasteiger partial charge is 0.494 e. The first-order chi connectivity index (χ1) is 15.4. The third-order valence-corrected chi connectivity index (χ3v) is 6.24. The lowest BCUT2D eigenvalue weighted by Gasteiger charge is -2.34. The maximum Gasteiger partial charge on any atom is 0.282 e. The summed E-state index contributed by atoms with van der Waals surface area (Å²) in [6.45, 7) is 9.86. The number of aryl methyl sites for hydroxylation is 2. The summed E-state index contributed by atoms with van der Waals surface area (Å²) in [5.41, 5.74) is 4.52. The SMILES string of the molecule is CCCOc1ccc(C2=C(N3CCN(C)CC3)C(=O)N(c3ccc(C)c(C)c3)C2=O)cc1. The molecule has 0 unspecified atom stereocenters. The average molecular weight is 434 g/mol. The van der Waals surface area contributed by atoms with Gasteiger partial charge in [0.15, 0.2) is 0 Å². The number of benzene rings is 2. The molecule has 0 atom stereocenters. The molecule has 1 saturated heterocycles. The number of hydrogen-bond donors (Lipinski definition) is 0. The van der Waals surface area contributed by atoms with Crippen molar-refractivity contribution in [2.75, 3.05) is 44.7 Å². The van der Waals surface area contributed by atoms with E-state index in [0.29, 0.717) is 36.7 Å². The molecule has 6 heteroatoms. The first-order valence-corrected chi connectivity index (χ1v) is 11.3. The Kier molecular flexibility index (Phi) is 6.33. The van der Waals surface area contributed by atoms with E-state index in [9.17, 15) is 9.59 Å². The van der Waals surface area contributed by atoms with Gasteiger partial charge in [0.25, 0.3) is 11.8 Å². The molecule has 0 aliphatic carbocycles. The molecule has 2 aliphatic heterocycles. The van der Waals surface area contributed by atoms with Crippen LogP contribution in [0.2, 0.25) is 0 Å². The highest BCUT2D eigenvalue weighted by atomic mass is 16.5. The number of carbonyl (C=O) groups excluding carboxylic acids is 2. The van der Waals surface area contributed by atoms with Gasteiger partial charge in [-0.15, -0.1) is 0 Å². The van der Waals surface area contributed by atoms with E-state index >= 15 is 0 Å². The lowest BCUT2D eigenvalue weighted by atomic mass is 10.0. The number of amides is 2. The van der Waals surface area contributed by atoms with Gasteiger partial charge in [-0.3, -0.25) is 9.59 Å². The normalized spacial score (nSPS) is 17.5. The molecule has 0 saturated carbocycles. The van der Waals surface area contributed by atoms with Crippen molar-refractivity contribution in [2.24, 2.45) is 0 Å². The summed E-state index contributed by atoms with van der Waals surface area (Å²) in [5, 5.41) is 0. The molecule has 2 aliphatic rings. The van der Waals surface area contributed by atoms with Crippen LogP contribution < -0.4 is 9.64 Å². The van der Waals surface area contributed by atoms with Crippen LogP contribution in [0.5, 0.6) is 5.75 Å². The summed E-state index contributed by atoms with van der Waals surface area (Å²) in [6, 6.07) is 13.2. The summed E-state index contributed by atoms with van der Waals surface area (Å²) in [4.78, 5) is 33.0. The number of rotatable bonds is 6. The number of nitrogens with zero attached hydrogens (tertiary/aromatic N) is 3. The van der Waals surface area contributed by atoms with Gasteiger partial charge in [0, 0.05) is 26.2 Å². The predicted molar refractivity (Wildman–Crippen MR) is 127 cm³/mol. The third-order valence-electron chi connectivity index (χ3n) is 6.24. The van der Waals surface area contributed by atoms with Crippen molar-refractivity contribution >= 4 is 23.1 Å². The minimum atomic E-state index is -0.269. The molecule has 0 bridgehead atoms. The summed E-state index contributed by atoms with van der Waals surface area (Å²) in [7, 11) is 2.07. The minimum Gasteiger partial charge on any atom is -0.494 e. The Bertz CT molecular complexity index is 1050. The molecule has 2 aromatic carbocycles. The molecule has 6 nitrogen and oxygen atoms in total. The average Bonchev–Trinajstić information content (AvgIpc) is 3.05. The molecule has 168 valence electrons. The standard InChI is InChI=1S/C26H31N3O3/c1-5-16-32-22-10-7-20(8-11-22)23-24(28-14-12-27(4)13-15-28)26(31)29(25(23)30)21-9-6-18(2)19(3)17-21/h6-11,17H,5,12-16H2,1-4H3. The minimum absolute atomic E-state index is 0.246. The van der Waals surface area contributed by atoms with E-state index in [1.807, 2.05) is 56.3 Å². The molecule has 1 fully saturated rings. The zero-order chi connectivity index (χ0) is 22.8. The molecule has 4 rings (SSSR count). The highest BCUT2D eigenvalue weighted by molar-refractivity contribution is 6.45. The molecule has 32 heavy (non-hydrogen) atoms. The second-order valence-electron chi connectivity index (χ2n) is 8.60. The van der Waals surface area contributed by atoms with E-state index in [-0.39, 0.29) is 11.8 Å². The van der Waals surface area contributed by atoms with Crippen LogP contribution in [0.3, 0.4) is 0 Å². The van der Waals surface area contributed by atoms with E-state index in [1.165, 1.54) is 4.90 Å². The molecule has 2 aromatic rings. The van der Waals surface area contributed by atoms with Crippen molar-refractivity contribution in [3.8, 4) is 5.75 Å². The van der Waals surface area contributed by atoms with Gasteiger partial charge >= 0.3 is 0 Å². The van der Waals surface area contributed by atoms with E-state index in [4.69, 9.17) is 4.74 Å². The van der Waals surface area contributed by atoms with Crippen molar-refractivity contribution in [3.05, 3.63) is 64.9 Å². The molecular formula is C26H31N3O3. The lowest BCUT2D eigenvalue weighted by molar-refractivity contribution is -0.120. The Morgan fingerprint density at radius 1 is 0.875 bits per heavy atom. The van der Waals surface area contributed by atoms with Gasteiger partial charge in [-0.05, 0) is 68.3 Å². The number of anilines is 1. The third kappa shape index (κ3) is 4.15. The Hall–Kier alpha value is -3.12. The Balaban J connectivity index is 1.75. The fraction of sp³-hybridized carbons (Fsp3) is 0.385. The van der Waals surface area contributed by atoms with Crippen molar-refractivity contribution in [1.29, 1.82) is 0 Å². The molecule has 2 amide bonds. The molecule has 0 spiro atoms. The van der Waals surface area contributed by atoms with Crippen LogP contribution in [-0.2, 0) is 9.59 Å². The van der Waals surface area contributed by atoms with Crippen molar-refractivity contribution in [2.45, 2.75) is 27.2 Å². The number of carbonyl (C=O) groups is 2. The van der Waals surface area contributed by atoms with Gasteiger partial charge in [0.1, 0.15) is 11.4 Å². The lowest BCUT2D eigenvalue weighted by Crippen LogP contribution is -2.46. The van der Waals surface area contributed by atoms with E-state index in [0.717, 1.165) is 42.0 Å². The smallest absolute Gasteiger partial charge is 0.282 e. The number of hydrogen-bond acceptors (Lipinski definition) is 5.